The molecule has 0 aliphatic heterocycles. The van der Waals surface area contributed by atoms with E-state index >= 15 is 0 Å². The Balaban J connectivity index is 1.86. The smallest absolute Gasteiger partial charge is 0.341 e. The molecule has 0 saturated heterocycles. The van der Waals surface area contributed by atoms with Gasteiger partial charge in [-0.2, -0.15) is 14.9 Å². The van der Waals surface area contributed by atoms with Crippen LogP contribution < -0.4 is 4.74 Å². The van der Waals surface area contributed by atoms with Crippen molar-refractivity contribution >= 4 is 24.4 Å². The van der Waals surface area contributed by atoms with Gasteiger partial charge in [0.05, 0.1) is 6.21 Å². The van der Waals surface area contributed by atoms with E-state index < -0.39 is 12.6 Å². The standard InChI is InChI=1S/C21H22N4O3S/c1-21(2,3)16-9-7-15(8-10-16)19-23-24-20(29)25(19)22-12-14-5-4-6-17(11-14)28-13-18(26)27/h4-12H,13H2,1-3H3,(H,24,29)(H,26,27). The molecular formula is C21H22N4O3S. The number of hydrogen-bond donors (Lipinski definition) is 2. The first-order valence-corrected chi connectivity index (χ1v) is 9.42. The van der Waals surface area contributed by atoms with Gasteiger partial charge in [0.1, 0.15) is 5.75 Å². The van der Waals surface area contributed by atoms with Crippen molar-refractivity contribution in [3.8, 4) is 17.1 Å². The fraction of sp³-hybridized carbons (Fsp3) is 0.238. The molecule has 0 atom stereocenters. The summed E-state index contributed by atoms with van der Waals surface area (Å²) in [5.41, 5.74) is 2.92. The monoisotopic (exact) mass is 410 g/mol. The second-order valence-electron chi connectivity index (χ2n) is 7.49. The number of H-pyrrole nitrogens is 1. The van der Waals surface area contributed by atoms with E-state index in [1.165, 1.54) is 5.56 Å². The zero-order valence-corrected chi connectivity index (χ0v) is 17.2. The molecule has 0 aliphatic carbocycles. The highest BCUT2D eigenvalue weighted by molar-refractivity contribution is 7.71. The summed E-state index contributed by atoms with van der Waals surface area (Å²) < 4.78 is 7.11. The molecule has 1 aromatic heterocycles. The molecule has 7 nitrogen and oxygen atoms in total. The third-order valence-corrected chi connectivity index (χ3v) is 4.47. The zero-order chi connectivity index (χ0) is 21.0. The van der Waals surface area contributed by atoms with Gasteiger partial charge in [-0.15, -0.1) is 0 Å². The number of ether oxygens (including phenoxy) is 1. The van der Waals surface area contributed by atoms with Gasteiger partial charge in [-0.05, 0) is 40.9 Å². The van der Waals surface area contributed by atoms with E-state index in [0.29, 0.717) is 16.3 Å². The summed E-state index contributed by atoms with van der Waals surface area (Å²) in [6, 6.07) is 15.1. The second kappa shape index (κ2) is 8.40. The summed E-state index contributed by atoms with van der Waals surface area (Å²) in [6.07, 6.45) is 1.62. The molecule has 0 bridgehead atoms. The van der Waals surface area contributed by atoms with Crippen LogP contribution in [0, 0.1) is 4.77 Å². The van der Waals surface area contributed by atoms with Gasteiger partial charge in [-0.25, -0.2) is 9.89 Å². The largest absolute Gasteiger partial charge is 0.482 e. The van der Waals surface area contributed by atoms with Gasteiger partial charge in [-0.3, -0.25) is 0 Å². The van der Waals surface area contributed by atoms with Crippen molar-refractivity contribution in [1.82, 2.24) is 14.9 Å². The topological polar surface area (TPSA) is 92.5 Å². The third-order valence-electron chi connectivity index (χ3n) is 4.20. The maximum atomic E-state index is 10.6. The van der Waals surface area contributed by atoms with Gasteiger partial charge in [0, 0.05) is 5.56 Å². The lowest BCUT2D eigenvalue weighted by molar-refractivity contribution is -0.139. The lowest BCUT2D eigenvalue weighted by atomic mass is 9.87. The number of nitrogens with one attached hydrogen (secondary N) is 1. The van der Waals surface area contributed by atoms with Gasteiger partial charge in [0.25, 0.3) is 0 Å². The fourth-order valence-corrected chi connectivity index (χ4v) is 2.84. The Morgan fingerprint density at radius 3 is 2.66 bits per heavy atom. The summed E-state index contributed by atoms with van der Waals surface area (Å²) in [6.45, 7) is 6.09. The Bertz CT molecular complexity index is 1090. The molecule has 150 valence electrons. The highest BCUT2D eigenvalue weighted by atomic mass is 32.1. The van der Waals surface area contributed by atoms with Crippen molar-refractivity contribution in [2.24, 2.45) is 5.10 Å². The molecule has 2 aromatic carbocycles. The van der Waals surface area contributed by atoms with Crippen LogP contribution in [-0.2, 0) is 10.2 Å². The molecule has 3 rings (SSSR count). The minimum absolute atomic E-state index is 0.0646. The van der Waals surface area contributed by atoms with Crippen LogP contribution in [0.2, 0.25) is 0 Å². The normalized spacial score (nSPS) is 11.7. The van der Waals surface area contributed by atoms with Crippen LogP contribution in [0.15, 0.2) is 53.6 Å². The van der Waals surface area contributed by atoms with Gasteiger partial charge in [0.15, 0.2) is 12.4 Å². The van der Waals surface area contributed by atoms with Crippen LogP contribution in [0.25, 0.3) is 11.4 Å². The van der Waals surface area contributed by atoms with E-state index in [2.05, 4.69) is 48.2 Å². The van der Waals surface area contributed by atoms with E-state index in [0.717, 1.165) is 11.1 Å². The number of hydrogen-bond acceptors (Lipinski definition) is 5. The molecule has 3 aromatic rings. The molecule has 0 amide bonds. The highest BCUT2D eigenvalue weighted by Crippen LogP contribution is 2.25. The minimum atomic E-state index is -1.03. The van der Waals surface area contributed by atoms with Gasteiger partial charge < -0.3 is 9.84 Å². The van der Waals surface area contributed by atoms with Crippen molar-refractivity contribution < 1.29 is 14.6 Å². The third kappa shape index (κ3) is 5.17. The predicted molar refractivity (Wildman–Crippen MR) is 114 cm³/mol. The van der Waals surface area contributed by atoms with E-state index in [1.54, 1.807) is 29.1 Å². The van der Waals surface area contributed by atoms with Crippen LogP contribution in [0.4, 0.5) is 0 Å². The molecule has 2 N–H and O–H groups in total. The van der Waals surface area contributed by atoms with Gasteiger partial charge in [-0.1, -0.05) is 57.2 Å². The van der Waals surface area contributed by atoms with E-state index in [4.69, 9.17) is 22.1 Å². The van der Waals surface area contributed by atoms with E-state index in [9.17, 15) is 4.79 Å². The van der Waals surface area contributed by atoms with Crippen LogP contribution in [0.3, 0.4) is 0 Å². The van der Waals surface area contributed by atoms with E-state index in [-0.39, 0.29) is 5.41 Å². The average Bonchev–Trinajstić information content (AvgIpc) is 3.05. The number of aromatic nitrogens is 3. The lowest BCUT2D eigenvalue weighted by Gasteiger charge is -2.18. The molecule has 0 spiro atoms. The summed E-state index contributed by atoms with van der Waals surface area (Å²) in [5.74, 6) is 0.0195. The Labute approximate surface area is 173 Å². The number of aromatic amines is 1. The van der Waals surface area contributed by atoms with Crippen LogP contribution in [-0.4, -0.2) is 38.8 Å². The van der Waals surface area contributed by atoms with Crippen molar-refractivity contribution in [2.75, 3.05) is 6.61 Å². The molecule has 0 radical (unpaired) electrons. The maximum absolute atomic E-state index is 10.6. The minimum Gasteiger partial charge on any atom is -0.482 e. The number of carboxylic acid groups (broad SMARTS) is 1. The van der Waals surface area contributed by atoms with Gasteiger partial charge in [0.2, 0.25) is 4.77 Å². The molecule has 0 aliphatic rings. The SMILES string of the molecule is CC(C)(C)c1ccc(-c2n[nH]c(=S)n2N=Cc2cccc(OCC(=O)O)c2)cc1. The lowest BCUT2D eigenvalue weighted by Crippen LogP contribution is -2.10. The number of nitrogens with zero attached hydrogens (tertiary/aromatic N) is 3. The van der Waals surface area contributed by atoms with Crippen LogP contribution >= 0.6 is 12.2 Å². The number of benzene rings is 2. The number of carboxylic acids is 1. The molecular weight excluding hydrogens is 388 g/mol. The fourth-order valence-electron chi connectivity index (χ4n) is 2.66. The number of rotatable bonds is 6. The van der Waals surface area contributed by atoms with Crippen LogP contribution in [0.1, 0.15) is 31.9 Å². The van der Waals surface area contributed by atoms with Crippen molar-refractivity contribution in [2.45, 2.75) is 26.2 Å². The molecule has 1 heterocycles. The van der Waals surface area contributed by atoms with Crippen molar-refractivity contribution in [1.29, 1.82) is 0 Å². The first kappa shape index (κ1) is 20.5. The summed E-state index contributed by atoms with van der Waals surface area (Å²) in [4.78, 5) is 10.6. The number of aliphatic carboxylic acids is 1. The van der Waals surface area contributed by atoms with Crippen molar-refractivity contribution in [3.63, 3.8) is 0 Å². The van der Waals surface area contributed by atoms with Crippen molar-refractivity contribution in [3.05, 3.63) is 64.4 Å². The Kier molecular flexibility index (Phi) is 5.93. The molecule has 29 heavy (non-hydrogen) atoms. The quantitative estimate of drug-likeness (QED) is 0.468. The second-order valence-corrected chi connectivity index (χ2v) is 7.88. The summed E-state index contributed by atoms with van der Waals surface area (Å²) in [5, 5.41) is 20.2. The van der Waals surface area contributed by atoms with Crippen LogP contribution in [0.5, 0.6) is 5.75 Å². The van der Waals surface area contributed by atoms with E-state index in [1.807, 2.05) is 18.2 Å². The molecule has 0 saturated carbocycles. The molecule has 0 unspecified atom stereocenters. The number of carbonyl (C=O) groups is 1. The van der Waals surface area contributed by atoms with Gasteiger partial charge >= 0.3 is 5.97 Å². The maximum Gasteiger partial charge on any atom is 0.341 e. The molecule has 8 heteroatoms. The summed E-state index contributed by atoms with van der Waals surface area (Å²) in [7, 11) is 0. The highest BCUT2D eigenvalue weighted by Gasteiger charge is 2.14. The summed E-state index contributed by atoms with van der Waals surface area (Å²) >= 11 is 5.31. The first-order chi connectivity index (χ1) is 13.7. The molecule has 0 fully saturated rings. The average molecular weight is 410 g/mol. The Morgan fingerprint density at radius 2 is 2.00 bits per heavy atom. The predicted octanol–water partition coefficient (Wildman–Crippen LogP) is 4.25. The zero-order valence-electron chi connectivity index (χ0n) is 16.4. The first-order valence-electron chi connectivity index (χ1n) is 9.01. The Morgan fingerprint density at radius 1 is 1.28 bits per heavy atom. The Hall–Kier alpha value is -3.26.